The van der Waals surface area contributed by atoms with Crippen molar-refractivity contribution in [3.8, 4) is 0 Å². The molecule has 0 aliphatic heterocycles. The number of carbonyl (C=O) groups is 2. The molecule has 1 atom stereocenters. The molecule has 4 aromatic carbocycles. The van der Waals surface area contributed by atoms with Crippen molar-refractivity contribution >= 4 is 50.7 Å². The van der Waals surface area contributed by atoms with Crippen molar-refractivity contribution in [2.75, 3.05) is 17.9 Å². The second-order valence-corrected chi connectivity index (χ2v) is 12.5. The van der Waals surface area contributed by atoms with E-state index in [1.165, 1.54) is 42.3 Å². The maximum Gasteiger partial charge on any atom is 0.264 e. The highest BCUT2D eigenvalue weighted by molar-refractivity contribution is 7.92. The van der Waals surface area contributed by atoms with E-state index in [2.05, 4.69) is 5.32 Å². The van der Waals surface area contributed by atoms with E-state index in [1.54, 1.807) is 18.2 Å². The molecule has 0 unspecified atom stereocenters. The lowest BCUT2D eigenvalue weighted by atomic mass is 10.0. The molecule has 0 aromatic heterocycles. The van der Waals surface area contributed by atoms with Crippen molar-refractivity contribution in [1.29, 1.82) is 0 Å². The molecule has 0 aliphatic rings. The average molecular weight is 625 g/mol. The Bertz CT molecular complexity index is 1650. The molecular formula is C32H31Cl2N3O4S. The van der Waals surface area contributed by atoms with Gasteiger partial charge in [0.1, 0.15) is 12.6 Å². The van der Waals surface area contributed by atoms with Crippen molar-refractivity contribution in [3.63, 3.8) is 0 Å². The van der Waals surface area contributed by atoms with Crippen LogP contribution >= 0.6 is 23.2 Å². The second kappa shape index (κ2) is 13.9. The molecule has 1 N–H and O–H groups in total. The Morgan fingerprint density at radius 2 is 1.48 bits per heavy atom. The number of hydrogen-bond acceptors (Lipinski definition) is 4. The first kappa shape index (κ1) is 31.1. The van der Waals surface area contributed by atoms with Gasteiger partial charge < -0.3 is 10.2 Å². The molecule has 4 rings (SSSR count). The van der Waals surface area contributed by atoms with Gasteiger partial charge in [0.25, 0.3) is 10.0 Å². The van der Waals surface area contributed by atoms with Crippen molar-refractivity contribution in [2.45, 2.75) is 30.8 Å². The van der Waals surface area contributed by atoms with Gasteiger partial charge in [-0.25, -0.2) is 8.42 Å². The molecule has 218 valence electrons. The molecule has 2 amide bonds. The summed E-state index contributed by atoms with van der Waals surface area (Å²) < 4.78 is 28.9. The summed E-state index contributed by atoms with van der Waals surface area (Å²) in [7, 11) is -2.73. The van der Waals surface area contributed by atoms with E-state index in [-0.39, 0.29) is 29.5 Å². The van der Waals surface area contributed by atoms with Crippen LogP contribution in [0.1, 0.15) is 16.7 Å². The summed E-state index contributed by atoms with van der Waals surface area (Å²) in [5, 5.41) is 3.36. The predicted molar refractivity (Wildman–Crippen MR) is 167 cm³/mol. The van der Waals surface area contributed by atoms with Gasteiger partial charge in [-0.05, 0) is 60.5 Å². The number of hydrogen-bond donors (Lipinski definition) is 1. The molecule has 0 saturated carbocycles. The first-order valence-electron chi connectivity index (χ1n) is 13.2. The van der Waals surface area contributed by atoms with Gasteiger partial charge in [-0.3, -0.25) is 13.9 Å². The van der Waals surface area contributed by atoms with E-state index in [0.29, 0.717) is 10.0 Å². The summed E-state index contributed by atoms with van der Waals surface area (Å²) in [6.07, 6.45) is 0.235. The third-order valence-electron chi connectivity index (χ3n) is 6.73. The molecule has 0 aliphatic carbocycles. The van der Waals surface area contributed by atoms with Crippen LogP contribution < -0.4 is 9.62 Å². The predicted octanol–water partition coefficient (Wildman–Crippen LogP) is 5.88. The van der Waals surface area contributed by atoms with Crippen molar-refractivity contribution < 1.29 is 18.0 Å². The number of sulfonamides is 1. The minimum absolute atomic E-state index is 0.0444. The fourth-order valence-electron chi connectivity index (χ4n) is 4.62. The van der Waals surface area contributed by atoms with Crippen LogP contribution in [0.3, 0.4) is 0 Å². The summed E-state index contributed by atoms with van der Waals surface area (Å²) in [6, 6.07) is 28.1. The Kier molecular flexibility index (Phi) is 10.3. The first-order valence-corrected chi connectivity index (χ1v) is 15.4. The first-order chi connectivity index (χ1) is 20.1. The SMILES string of the molecule is CNC(=O)[C@H](Cc1ccccc1)N(Cc1cccc(C)c1)C(=O)CN(c1cccc(Cl)c1)S(=O)(=O)c1ccc(Cl)cc1. The van der Waals surface area contributed by atoms with Gasteiger partial charge in [0.05, 0.1) is 10.6 Å². The van der Waals surface area contributed by atoms with Gasteiger partial charge >= 0.3 is 0 Å². The summed E-state index contributed by atoms with van der Waals surface area (Å²) in [4.78, 5) is 29.0. The Morgan fingerprint density at radius 1 is 0.810 bits per heavy atom. The highest BCUT2D eigenvalue weighted by atomic mass is 35.5. The van der Waals surface area contributed by atoms with E-state index in [4.69, 9.17) is 23.2 Å². The fraction of sp³-hybridized carbons (Fsp3) is 0.188. The zero-order valence-corrected chi connectivity index (χ0v) is 25.5. The maximum atomic E-state index is 14.3. The molecule has 0 saturated heterocycles. The Morgan fingerprint density at radius 3 is 2.12 bits per heavy atom. The van der Waals surface area contributed by atoms with E-state index >= 15 is 0 Å². The van der Waals surface area contributed by atoms with Gasteiger partial charge in [0.2, 0.25) is 11.8 Å². The smallest absolute Gasteiger partial charge is 0.264 e. The number of anilines is 1. The zero-order valence-electron chi connectivity index (χ0n) is 23.2. The third kappa shape index (κ3) is 7.70. The molecule has 0 spiro atoms. The molecular weight excluding hydrogens is 593 g/mol. The Balaban J connectivity index is 1.79. The van der Waals surface area contributed by atoms with Crippen LogP contribution in [0.15, 0.2) is 108 Å². The average Bonchev–Trinajstić information content (AvgIpc) is 2.98. The highest BCUT2D eigenvalue weighted by Crippen LogP contribution is 2.28. The van der Waals surface area contributed by atoms with Crippen LogP contribution in [0.2, 0.25) is 10.0 Å². The fourth-order valence-corrected chi connectivity index (χ4v) is 6.34. The van der Waals surface area contributed by atoms with Crippen LogP contribution in [-0.4, -0.2) is 44.8 Å². The van der Waals surface area contributed by atoms with E-state index in [0.717, 1.165) is 21.0 Å². The molecule has 0 fully saturated rings. The number of nitrogens with zero attached hydrogens (tertiary/aromatic N) is 2. The molecule has 0 radical (unpaired) electrons. The lowest BCUT2D eigenvalue weighted by Gasteiger charge is -2.33. The van der Waals surface area contributed by atoms with Crippen LogP contribution in [0, 0.1) is 6.92 Å². The Labute approximate surface area is 256 Å². The summed E-state index contributed by atoms with van der Waals surface area (Å²) in [5.41, 5.74) is 2.86. The number of benzene rings is 4. The minimum Gasteiger partial charge on any atom is -0.357 e. The number of halogens is 2. The van der Waals surface area contributed by atoms with Gasteiger partial charge in [-0.15, -0.1) is 0 Å². The standard InChI is InChI=1S/C32H31Cl2N3O4S/c1-23-8-6-11-25(18-23)21-36(30(32(39)35-2)19-24-9-4-3-5-10-24)31(38)22-37(28-13-7-12-27(34)20-28)42(40,41)29-16-14-26(33)15-17-29/h3-18,20,30H,19,21-22H2,1-2H3,(H,35,39)/t30-/m0/s1. The van der Waals surface area contributed by atoms with E-state index in [1.807, 2.05) is 61.5 Å². The molecule has 10 heteroatoms. The van der Waals surface area contributed by atoms with Crippen LogP contribution in [0.25, 0.3) is 0 Å². The molecule has 0 bridgehead atoms. The summed E-state index contributed by atoms with van der Waals surface area (Å²) in [5.74, 6) is -0.923. The highest BCUT2D eigenvalue weighted by Gasteiger charge is 2.34. The van der Waals surface area contributed by atoms with Crippen molar-refractivity contribution in [1.82, 2.24) is 10.2 Å². The van der Waals surface area contributed by atoms with Crippen molar-refractivity contribution in [2.24, 2.45) is 0 Å². The lowest BCUT2D eigenvalue weighted by molar-refractivity contribution is -0.139. The van der Waals surface area contributed by atoms with Crippen LogP contribution in [-0.2, 0) is 32.6 Å². The van der Waals surface area contributed by atoms with Crippen molar-refractivity contribution in [3.05, 3.63) is 130 Å². The molecule has 42 heavy (non-hydrogen) atoms. The van der Waals surface area contributed by atoms with E-state index < -0.39 is 28.5 Å². The van der Waals surface area contributed by atoms with Gasteiger partial charge in [0.15, 0.2) is 0 Å². The van der Waals surface area contributed by atoms with Crippen LogP contribution in [0.4, 0.5) is 5.69 Å². The largest absolute Gasteiger partial charge is 0.357 e. The number of rotatable bonds is 11. The topological polar surface area (TPSA) is 86.8 Å². The molecule has 7 nitrogen and oxygen atoms in total. The third-order valence-corrected chi connectivity index (χ3v) is 9.00. The number of nitrogens with one attached hydrogen (secondary N) is 1. The number of aryl methyl sites for hydroxylation is 1. The Hall–Kier alpha value is -3.85. The number of likely N-dealkylation sites (N-methyl/N-ethyl adjacent to an activating group) is 1. The van der Waals surface area contributed by atoms with Gasteiger partial charge in [-0.1, -0.05) is 89.4 Å². The van der Waals surface area contributed by atoms with Gasteiger partial charge in [-0.2, -0.15) is 0 Å². The van der Waals surface area contributed by atoms with E-state index in [9.17, 15) is 18.0 Å². The zero-order chi connectivity index (χ0) is 30.3. The molecule has 0 heterocycles. The number of carbonyl (C=O) groups excluding carboxylic acids is 2. The quantitative estimate of drug-likeness (QED) is 0.226. The monoisotopic (exact) mass is 623 g/mol. The number of amides is 2. The summed E-state index contributed by atoms with van der Waals surface area (Å²) >= 11 is 12.3. The summed E-state index contributed by atoms with van der Waals surface area (Å²) in [6.45, 7) is 1.46. The lowest BCUT2D eigenvalue weighted by Crippen LogP contribution is -2.53. The second-order valence-electron chi connectivity index (χ2n) is 9.78. The van der Waals surface area contributed by atoms with Crippen LogP contribution in [0.5, 0.6) is 0 Å². The normalized spacial score (nSPS) is 11.9. The molecule has 4 aromatic rings. The maximum absolute atomic E-state index is 14.3. The minimum atomic E-state index is -4.24. The van der Waals surface area contributed by atoms with Gasteiger partial charge in [0, 0.05) is 30.1 Å².